The van der Waals surface area contributed by atoms with E-state index < -0.39 is 28.9 Å². The van der Waals surface area contributed by atoms with Crippen molar-refractivity contribution in [1.29, 1.82) is 0 Å². The van der Waals surface area contributed by atoms with Gasteiger partial charge in [-0.15, -0.1) is 0 Å². The summed E-state index contributed by atoms with van der Waals surface area (Å²) in [4.78, 5) is 15.6. The standard InChI is InChI=1S/C21H15F3N2O/c1-2-11-4-3-5-14-13-7-6-12(10-17(13)26-20(11)14)25-21(27)15-8-9-16(22)19(24)18(15)23/h3-10,26H,2H2,1H3,(H,25,27). The molecule has 0 aliphatic rings. The summed E-state index contributed by atoms with van der Waals surface area (Å²) in [6, 6.07) is 13.0. The van der Waals surface area contributed by atoms with Crippen LogP contribution in [0.2, 0.25) is 0 Å². The molecule has 6 heteroatoms. The Hall–Kier alpha value is -3.28. The first kappa shape index (κ1) is 17.1. The van der Waals surface area contributed by atoms with Crippen molar-refractivity contribution in [2.24, 2.45) is 0 Å². The second-order valence-electron chi connectivity index (χ2n) is 6.26. The minimum absolute atomic E-state index is 0.418. The van der Waals surface area contributed by atoms with Gasteiger partial charge < -0.3 is 10.3 Å². The van der Waals surface area contributed by atoms with Crippen LogP contribution < -0.4 is 5.32 Å². The Bertz CT molecular complexity index is 1200. The third-order valence-electron chi connectivity index (χ3n) is 4.64. The highest BCUT2D eigenvalue weighted by molar-refractivity contribution is 6.10. The topological polar surface area (TPSA) is 44.9 Å². The number of carbonyl (C=O) groups is 1. The van der Waals surface area contributed by atoms with Gasteiger partial charge in [0.15, 0.2) is 17.5 Å². The average molecular weight is 368 g/mol. The number of halogens is 3. The molecule has 0 saturated heterocycles. The monoisotopic (exact) mass is 368 g/mol. The first-order valence-corrected chi connectivity index (χ1v) is 8.47. The molecular weight excluding hydrogens is 353 g/mol. The van der Waals surface area contributed by atoms with Crippen LogP contribution in [0.15, 0.2) is 48.5 Å². The smallest absolute Gasteiger partial charge is 0.258 e. The van der Waals surface area contributed by atoms with Gasteiger partial charge in [0.1, 0.15) is 0 Å². The molecule has 4 rings (SSSR count). The average Bonchev–Trinajstić information content (AvgIpc) is 3.03. The molecule has 3 nitrogen and oxygen atoms in total. The molecule has 0 atom stereocenters. The van der Waals surface area contributed by atoms with Crippen molar-refractivity contribution in [3.05, 3.63) is 77.1 Å². The van der Waals surface area contributed by atoms with E-state index in [0.717, 1.165) is 40.4 Å². The maximum atomic E-state index is 13.8. The fraction of sp³-hybridized carbons (Fsp3) is 0.0952. The molecule has 0 saturated carbocycles. The van der Waals surface area contributed by atoms with Gasteiger partial charge in [0, 0.05) is 27.5 Å². The number of nitrogens with one attached hydrogen (secondary N) is 2. The lowest BCUT2D eigenvalue weighted by Crippen LogP contribution is -2.15. The van der Waals surface area contributed by atoms with E-state index in [4.69, 9.17) is 0 Å². The molecule has 0 aliphatic carbocycles. The van der Waals surface area contributed by atoms with Crippen molar-refractivity contribution in [3.63, 3.8) is 0 Å². The highest BCUT2D eigenvalue weighted by Crippen LogP contribution is 2.30. The van der Waals surface area contributed by atoms with Gasteiger partial charge in [0.2, 0.25) is 0 Å². The van der Waals surface area contributed by atoms with Crippen LogP contribution in [0.5, 0.6) is 0 Å². The number of fused-ring (bicyclic) bond motifs is 3. The predicted octanol–water partition coefficient (Wildman–Crippen LogP) is 5.55. The summed E-state index contributed by atoms with van der Waals surface area (Å²) in [5.41, 5.74) is 2.89. The van der Waals surface area contributed by atoms with Gasteiger partial charge in [-0.05, 0) is 36.2 Å². The summed E-state index contributed by atoms with van der Waals surface area (Å²) in [6.45, 7) is 2.07. The fourth-order valence-corrected chi connectivity index (χ4v) is 3.26. The fourth-order valence-electron chi connectivity index (χ4n) is 3.26. The molecule has 4 aromatic rings. The second kappa shape index (κ2) is 6.46. The van der Waals surface area contributed by atoms with Crippen LogP contribution in [0.1, 0.15) is 22.8 Å². The Morgan fingerprint density at radius 3 is 2.59 bits per heavy atom. The van der Waals surface area contributed by atoms with E-state index in [0.29, 0.717) is 5.69 Å². The minimum Gasteiger partial charge on any atom is -0.354 e. The molecule has 136 valence electrons. The number of hydrogen-bond donors (Lipinski definition) is 2. The quantitative estimate of drug-likeness (QED) is 0.457. The van der Waals surface area contributed by atoms with E-state index in [1.54, 1.807) is 12.1 Å². The lowest BCUT2D eigenvalue weighted by atomic mass is 10.1. The van der Waals surface area contributed by atoms with Crippen LogP contribution in [0.4, 0.5) is 18.9 Å². The van der Waals surface area contributed by atoms with E-state index >= 15 is 0 Å². The van der Waals surface area contributed by atoms with Crippen molar-refractivity contribution in [2.75, 3.05) is 5.32 Å². The summed E-state index contributed by atoms with van der Waals surface area (Å²) in [7, 11) is 0. The molecule has 1 aromatic heterocycles. The summed E-state index contributed by atoms with van der Waals surface area (Å²) in [5.74, 6) is -5.36. The number of hydrogen-bond acceptors (Lipinski definition) is 1. The molecular formula is C21H15F3N2O. The first-order chi connectivity index (χ1) is 13.0. The van der Waals surface area contributed by atoms with Crippen LogP contribution in [0.3, 0.4) is 0 Å². The van der Waals surface area contributed by atoms with E-state index in [9.17, 15) is 18.0 Å². The molecule has 0 bridgehead atoms. The Labute approximate surface area is 152 Å². The second-order valence-corrected chi connectivity index (χ2v) is 6.26. The lowest BCUT2D eigenvalue weighted by Gasteiger charge is -2.07. The number of carbonyl (C=O) groups excluding carboxylic acids is 1. The number of H-pyrrole nitrogens is 1. The number of aromatic amines is 1. The van der Waals surface area contributed by atoms with Crippen LogP contribution >= 0.6 is 0 Å². The van der Waals surface area contributed by atoms with Crippen LogP contribution in [0, 0.1) is 17.5 Å². The van der Waals surface area contributed by atoms with Crippen LogP contribution in [0.25, 0.3) is 21.8 Å². The number of para-hydroxylation sites is 1. The molecule has 0 unspecified atom stereocenters. The van der Waals surface area contributed by atoms with Gasteiger partial charge in [-0.2, -0.15) is 0 Å². The Morgan fingerprint density at radius 2 is 1.81 bits per heavy atom. The van der Waals surface area contributed by atoms with Gasteiger partial charge in [-0.25, -0.2) is 13.2 Å². The number of amides is 1. The van der Waals surface area contributed by atoms with E-state index in [1.165, 1.54) is 5.56 Å². The van der Waals surface area contributed by atoms with E-state index in [2.05, 4.69) is 17.2 Å². The van der Waals surface area contributed by atoms with Gasteiger partial charge in [-0.1, -0.05) is 31.2 Å². The summed E-state index contributed by atoms with van der Waals surface area (Å²) >= 11 is 0. The van der Waals surface area contributed by atoms with Gasteiger partial charge >= 0.3 is 0 Å². The van der Waals surface area contributed by atoms with E-state index in [-0.39, 0.29) is 0 Å². The van der Waals surface area contributed by atoms with Gasteiger partial charge in [0.25, 0.3) is 5.91 Å². The van der Waals surface area contributed by atoms with Crippen molar-refractivity contribution in [2.45, 2.75) is 13.3 Å². The molecule has 0 radical (unpaired) electrons. The highest BCUT2D eigenvalue weighted by atomic mass is 19.2. The molecule has 1 heterocycles. The number of anilines is 1. The van der Waals surface area contributed by atoms with Crippen molar-refractivity contribution in [1.82, 2.24) is 4.98 Å². The molecule has 2 N–H and O–H groups in total. The normalized spacial score (nSPS) is 11.3. The molecule has 27 heavy (non-hydrogen) atoms. The summed E-state index contributed by atoms with van der Waals surface area (Å²) in [6.07, 6.45) is 0.878. The summed E-state index contributed by atoms with van der Waals surface area (Å²) in [5, 5.41) is 4.60. The number of benzene rings is 3. The van der Waals surface area contributed by atoms with Crippen LogP contribution in [-0.2, 0) is 6.42 Å². The van der Waals surface area contributed by atoms with Gasteiger partial charge in [-0.3, -0.25) is 4.79 Å². The molecule has 0 aliphatic heterocycles. The van der Waals surface area contributed by atoms with Gasteiger partial charge in [0.05, 0.1) is 5.56 Å². The lowest BCUT2D eigenvalue weighted by molar-refractivity contribution is 0.102. The predicted molar refractivity (Wildman–Crippen MR) is 99.5 cm³/mol. The SMILES string of the molecule is CCc1cccc2c1[nH]c1cc(NC(=O)c3ccc(F)c(F)c3F)ccc12. The maximum Gasteiger partial charge on any atom is 0.258 e. The molecule has 0 spiro atoms. The first-order valence-electron chi connectivity index (χ1n) is 8.47. The maximum absolute atomic E-state index is 13.8. The Kier molecular flexibility index (Phi) is 4.11. The zero-order valence-corrected chi connectivity index (χ0v) is 14.4. The van der Waals surface area contributed by atoms with Crippen LogP contribution in [-0.4, -0.2) is 10.9 Å². The number of aryl methyl sites for hydroxylation is 1. The highest BCUT2D eigenvalue weighted by Gasteiger charge is 2.19. The minimum atomic E-state index is -1.67. The zero-order valence-electron chi connectivity index (χ0n) is 14.4. The molecule has 0 fully saturated rings. The number of rotatable bonds is 3. The third-order valence-corrected chi connectivity index (χ3v) is 4.64. The van der Waals surface area contributed by atoms with Crippen molar-refractivity contribution in [3.8, 4) is 0 Å². The Balaban J connectivity index is 1.71. The zero-order chi connectivity index (χ0) is 19.1. The van der Waals surface area contributed by atoms with Crippen molar-refractivity contribution >= 4 is 33.4 Å². The number of aromatic nitrogens is 1. The molecule has 1 amide bonds. The van der Waals surface area contributed by atoms with Crippen molar-refractivity contribution < 1.29 is 18.0 Å². The molecule has 3 aromatic carbocycles. The van der Waals surface area contributed by atoms with E-state index in [1.807, 2.05) is 24.3 Å². The summed E-state index contributed by atoms with van der Waals surface area (Å²) < 4.78 is 40.2. The largest absolute Gasteiger partial charge is 0.354 e. The Morgan fingerprint density at radius 1 is 1.00 bits per heavy atom. The third kappa shape index (κ3) is 2.83.